The maximum absolute atomic E-state index is 5.18. The highest BCUT2D eigenvalue weighted by Gasteiger charge is 2.16. The van der Waals surface area contributed by atoms with Crippen molar-refractivity contribution in [3.8, 4) is 0 Å². The average molecular weight is 246 g/mol. The number of nitrogens with one attached hydrogen (secondary N) is 2. The molecule has 0 saturated carbocycles. The van der Waals surface area contributed by atoms with Gasteiger partial charge in [0.2, 0.25) is 0 Å². The smallest absolute Gasteiger partial charge is 0.139 e. The summed E-state index contributed by atoms with van der Waals surface area (Å²) in [7, 11) is 1.85. The Kier molecular flexibility index (Phi) is 3.50. The first-order valence-electron chi connectivity index (χ1n) is 5.96. The summed E-state index contributed by atoms with van der Waals surface area (Å²) in [5.41, 5.74) is 2.00. The number of pyridine rings is 1. The summed E-state index contributed by atoms with van der Waals surface area (Å²) in [6.07, 6.45) is 0. The summed E-state index contributed by atoms with van der Waals surface area (Å²) >= 11 is 0. The van der Waals surface area contributed by atoms with E-state index >= 15 is 0 Å². The van der Waals surface area contributed by atoms with Crippen molar-refractivity contribution in [2.24, 2.45) is 0 Å². The molecule has 0 aromatic carbocycles. The zero-order valence-corrected chi connectivity index (χ0v) is 11.1. The fourth-order valence-electron chi connectivity index (χ4n) is 2.06. The fraction of sp³-hybridized carbons (Fsp3) is 0.385. The maximum atomic E-state index is 5.18. The number of hydrogen-bond acceptors (Lipinski definition) is 5. The topological polar surface area (TPSA) is 63.0 Å². The molecule has 2 rings (SSSR count). The third-order valence-corrected chi connectivity index (χ3v) is 2.89. The van der Waals surface area contributed by atoms with Crippen LogP contribution in [-0.4, -0.2) is 17.2 Å². The number of nitrogens with zero attached hydrogens (tertiary/aromatic N) is 2. The van der Waals surface area contributed by atoms with Crippen molar-refractivity contribution in [2.45, 2.75) is 26.8 Å². The van der Waals surface area contributed by atoms with Gasteiger partial charge in [-0.3, -0.25) is 0 Å². The van der Waals surface area contributed by atoms with Gasteiger partial charge in [0.1, 0.15) is 17.4 Å². The lowest BCUT2D eigenvalue weighted by atomic mass is 10.1. The van der Waals surface area contributed by atoms with E-state index in [0.717, 1.165) is 28.7 Å². The molecule has 0 amide bonds. The molecule has 0 aliphatic carbocycles. The van der Waals surface area contributed by atoms with Gasteiger partial charge >= 0.3 is 0 Å². The van der Waals surface area contributed by atoms with Gasteiger partial charge in [0, 0.05) is 12.6 Å². The second-order valence-corrected chi connectivity index (χ2v) is 4.26. The monoisotopic (exact) mass is 246 g/mol. The van der Waals surface area contributed by atoms with Crippen LogP contribution in [0.15, 0.2) is 22.7 Å². The Morgan fingerprint density at radius 2 is 1.94 bits per heavy atom. The molecule has 0 radical (unpaired) electrons. The van der Waals surface area contributed by atoms with Crippen LogP contribution in [0.5, 0.6) is 0 Å². The van der Waals surface area contributed by atoms with Crippen LogP contribution >= 0.6 is 0 Å². The quantitative estimate of drug-likeness (QED) is 0.868. The van der Waals surface area contributed by atoms with Gasteiger partial charge in [0.05, 0.1) is 11.7 Å². The Bertz CT molecular complexity index is 516. The lowest BCUT2D eigenvalue weighted by Gasteiger charge is -2.14. The molecule has 1 atom stereocenters. The molecule has 96 valence electrons. The zero-order chi connectivity index (χ0) is 13.1. The summed E-state index contributed by atoms with van der Waals surface area (Å²) in [6.45, 7) is 5.94. The van der Waals surface area contributed by atoms with Gasteiger partial charge in [-0.1, -0.05) is 11.2 Å². The highest BCUT2D eigenvalue weighted by Crippen LogP contribution is 2.24. The minimum absolute atomic E-state index is 0.107. The zero-order valence-electron chi connectivity index (χ0n) is 11.1. The number of anilines is 2. The second-order valence-electron chi connectivity index (χ2n) is 4.26. The molecule has 2 heterocycles. The van der Waals surface area contributed by atoms with E-state index < -0.39 is 0 Å². The SMILES string of the molecule is CNc1cccc(NC(C)c2c(C)noc2C)n1. The number of aromatic nitrogens is 2. The lowest BCUT2D eigenvalue weighted by molar-refractivity contribution is 0.392. The third kappa shape index (κ3) is 2.45. The molecule has 0 fully saturated rings. The number of hydrogen-bond donors (Lipinski definition) is 2. The first-order valence-corrected chi connectivity index (χ1v) is 5.96. The fourth-order valence-corrected chi connectivity index (χ4v) is 2.06. The van der Waals surface area contributed by atoms with Crippen LogP contribution in [0.1, 0.15) is 30.0 Å². The normalized spacial score (nSPS) is 12.2. The van der Waals surface area contributed by atoms with Crippen LogP contribution in [0, 0.1) is 13.8 Å². The Labute approximate surface area is 107 Å². The van der Waals surface area contributed by atoms with Gasteiger partial charge in [0.15, 0.2) is 0 Å². The summed E-state index contributed by atoms with van der Waals surface area (Å²) in [6, 6.07) is 5.93. The van der Waals surface area contributed by atoms with Crippen LogP contribution in [0.25, 0.3) is 0 Å². The van der Waals surface area contributed by atoms with Crippen molar-refractivity contribution >= 4 is 11.6 Å². The van der Waals surface area contributed by atoms with Gasteiger partial charge < -0.3 is 15.2 Å². The van der Waals surface area contributed by atoms with Crippen LogP contribution in [-0.2, 0) is 0 Å². The Balaban J connectivity index is 2.18. The Morgan fingerprint density at radius 3 is 2.56 bits per heavy atom. The molecule has 2 N–H and O–H groups in total. The predicted octanol–water partition coefficient (Wildman–Crippen LogP) is 2.90. The molecule has 0 bridgehead atoms. The summed E-state index contributed by atoms with van der Waals surface area (Å²) in [5, 5.41) is 10.3. The molecule has 5 heteroatoms. The predicted molar refractivity (Wildman–Crippen MR) is 71.8 cm³/mol. The van der Waals surface area contributed by atoms with Crippen molar-refractivity contribution in [3.63, 3.8) is 0 Å². The molecular weight excluding hydrogens is 228 g/mol. The van der Waals surface area contributed by atoms with Gasteiger partial charge in [-0.2, -0.15) is 0 Å². The minimum atomic E-state index is 0.107. The van der Waals surface area contributed by atoms with Crippen molar-refractivity contribution < 1.29 is 4.52 Å². The van der Waals surface area contributed by atoms with Crippen molar-refractivity contribution in [3.05, 3.63) is 35.2 Å². The Morgan fingerprint density at radius 1 is 1.22 bits per heavy atom. The van der Waals surface area contributed by atoms with Gasteiger partial charge in [-0.05, 0) is 32.9 Å². The van der Waals surface area contributed by atoms with E-state index in [1.165, 1.54) is 0 Å². The van der Waals surface area contributed by atoms with E-state index in [1.807, 2.05) is 39.1 Å². The van der Waals surface area contributed by atoms with E-state index in [-0.39, 0.29) is 6.04 Å². The third-order valence-electron chi connectivity index (χ3n) is 2.89. The van der Waals surface area contributed by atoms with Crippen molar-refractivity contribution in [1.29, 1.82) is 0 Å². The van der Waals surface area contributed by atoms with Crippen molar-refractivity contribution in [2.75, 3.05) is 17.7 Å². The van der Waals surface area contributed by atoms with Gasteiger partial charge in [-0.25, -0.2) is 4.98 Å². The molecule has 2 aromatic heterocycles. The van der Waals surface area contributed by atoms with E-state index in [2.05, 4.69) is 27.7 Å². The summed E-state index contributed by atoms with van der Waals surface area (Å²) in [5.74, 6) is 2.51. The molecule has 0 spiro atoms. The lowest BCUT2D eigenvalue weighted by Crippen LogP contribution is -2.10. The summed E-state index contributed by atoms with van der Waals surface area (Å²) in [4.78, 5) is 4.43. The van der Waals surface area contributed by atoms with E-state index in [1.54, 1.807) is 0 Å². The molecule has 1 unspecified atom stereocenters. The minimum Gasteiger partial charge on any atom is -0.373 e. The molecule has 5 nitrogen and oxygen atoms in total. The molecule has 18 heavy (non-hydrogen) atoms. The van der Waals surface area contributed by atoms with Crippen LogP contribution in [0.4, 0.5) is 11.6 Å². The number of aryl methyl sites for hydroxylation is 2. The summed E-state index contributed by atoms with van der Waals surface area (Å²) < 4.78 is 5.18. The average Bonchev–Trinajstić information content (AvgIpc) is 2.69. The van der Waals surface area contributed by atoms with Crippen LogP contribution in [0.3, 0.4) is 0 Å². The van der Waals surface area contributed by atoms with Gasteiger partial charge in [-0.15, -0.1) is 0 Å². The maximum Gasteiger partial charge on any atom is 0.139 e. The van der Waals surface area contributed by atoms with Crippen molar-refractivity contribution in [1.82, 2.24) is 10.1 Å². The largest absolute Gasteiger partial charge is 0.373 e. The molecular formula is C13H18N4O. The van der Waals surface area contributed by atoms with E-state index in [9.17, 15) is 0 Å². The first kappa shape index (κ1) is 12.4. The molecule has 0 aliphatic heterocycles. The van der Waals surface area contributed by atoms with Crippen LogP contribution < -0.4 is 10.6 Å². The van der Waals surface area contributed by atoms with Gasteiger partial charge in [0.25, 0.3) is 0 Å². The second kappa shape index (κ2) is 5.08. The van der Waals surface area contributed by atoms with E-state index in [4.69, 9.17) is 4.52 Å². The molecule has 2 aromatic rings. The Hall–Kier alpha value is -2.04. The highest BCUT2D eigenvalue weighted by molar-refractivity contribution is 5.46. The van der Waals surface area contributed by atoms with Crippen LogP contribution in [0.2, 0.25) is 0 Å². The standard InChI is InChI=1S/C13H18N4O/c1-8(13-9(2)17-18-10(13)3)15-12-7-5-6-11(14-4)16-12/h5-8H,1-4H3,(H2,14,15,16). The first-order chi connectivity index (χ1) is 8.61. The number of rotatable bonds is 4. The highest BCUT2D eigenvalue weighted by atomic mass is 16.5. The molecule has 0 aliphatic rings. The van der Waals surface area contributed by atoms with E-state index in [0.29, 0.717) is 0 Å². The molecule has 0 saturated heterocycles.